The molecule has 13 heteroatoms. The van der Waals surface area contributed by atoms with Gasteiger partial charge >= 0.3 is 0 Å². The molecule has 0 spiro atoms. The molecule has 1 fully saturated rings. The molecule has 1 aliphatic carbocycles. The standard InChI is InChI=1S/C32H30ClF3N6O2S/c1-18(2)42-30-24(19-7-10-22(11-8-19)39-23-14-32(35,36)15-23)16-38-31(37)28(30)29(40-42)20-9-12-27(26(34)13-20)41-45(43,44)17-21-5-3-4-6-25(21)33/h3-13,16,18,23,39,41H,14-15,17H2,1-2H3,(H2,37,38). The Morgan fingerprint density at radius 1 is 1.07 bits per heavy atom. The lowest BCUT2D eigenvalue weighted by molar-refractivity contribution is -0.0793. The number of nitrogen functional groups attached to an aromatic ring is 1. The Bertz CT molecular complexity index is 2010. The number of nitrogens with one attached hydrogen (secondary N) is 2. The van der Waals surface area contributed by atoms with Crippen LogP contribution in [0.4, 0.5) is 30.4 Å². The number of hydrogen-bond donors (Lipinski definition) is 3. The third-order valence-electron chi connectivity index (χ3n) is 7.71. The van der Waals surface area contributed by atoms with Crippen molar-refractivity contribution in [2.75, 3.05) is 15.8 Å². The molecule has 0 amide bonds. The number of fused-ring (bicyclic) bond motifs is 1. The maximum atomic E-state index is 15.4. The van der Waals surface area contributed by atoms with E-state index in [1.807, 2.05) is 38.1 Å². The normalized spacial score (nSPS) is 14.9. The lowest BCUT2D eigenvalue weighted by atomic mass is 9.88. The summed E-state index contributed by atoms with van der Waals surface area (Å²) in [5.74, 6) is -3.63. The number of aromatic nitrogens is 3. The Morgan fingerprint density at radius 3 is 2.40 bits per heavy atom. The molecule has 234 valence electrons. The molecule has 0 aliphatic heterocycles. The van der Waals surface area contributed by atoms with Crippen LogP contribution < -0.4 is 15.8 Å². The second-order valence-corrected chi connectivity index (χ2v) is 13.6. The van der Waals surface area contributed by atoms with E-state index in [0.717, 1.165) is 16.8 Å². The fraction of sp³-hybridized carbons (Fsp3) is 0.250. The summed E-state index contributed by atoms with van der Waals surface area (Å²) in [6.07, 6.45) is 1.27. The second kappa shape index (κ2) is 11.6. The van der Waals surface area contributed by atoms with E-state index in [1.165, 1.54) is 12.1 Å². The fourth-order valence-electron chi connectivity index (χ4n) is 5.50. The van der Waals surface area contributed by atoms with Crippen molar-refractivity contribution in [1.82, 2.24) is 14.8 Å². The number of sulfonamides is 1. The van der Waals surface area contributed by atoms with Crippen LogP contribution >= 0.6 is 11.6 Å². The summed E-state index contributed by atoms with van der Waals surface area (Å²) in [5, 5.41) is 8.75. The first-order chi connectivity index (χ1) is 21.3. The van der Waals surface area contributed by atoms with Crippen molar-refractivity contribution in [3.05, 3.63) is 89.3 Å². The van der Waals surface area contributed by atoms with Crippen molar-refractivity contribution >= 4 is 49.7 Å². The molecule has 5 aromatic rings. The van der Waals surface area contributed by atoms with Gasteiger partial charge in [-0.1, -0.05) is 48.0 Å². The van der Waals surface area contributed by atoms with Crippen LogP contribution in [0.25, 0.3) is 33.3 Å². The summed E-state index contributed by atoms with van der Waals surface area (Å²) in [6.45, 7) is 3.91. The van der Waals surface area contributed by atoms with E-state index in [1.54, 1.807) is 41.2 Å². The van der Waals surface area contributed by atoms with Gasteiger partial charge in [-0.25, -0.2) is 26.6 Å². The number of halogens is 4. The Morgan fingerprint density at radius 2 is 1.76 bits per heavy atom. The van der Waals surface area contributed by atoms with Crippen molar-refractivity contribution < 1.29 is 21.6 Å². The highest BCUT2D eigenvalue weighted by Gasteiger charge is 2.45. The molecule has 8 nitrogen and oxygen atoms in total. The van der Waals surface area contributed by atoms with Gasteiger partial charge in [0.2, 0.25) is 10.0 Å². The maximum absolute atomic E-state index is 15.4. The highest BCUT2D eigenvalue weighted by Crippen LogP contribution is 2.41. The molecule has 6 rings (SSSR count). The van der Waals surface area contributed by atoms with Crippen LogP contribution in [0.1, 0.15) is 38.3 Å². The third-order valence-corrected chi connectivity index (χ3v) is 9.30. The van der Waals surface area contributed by atoms with Crippen LogP contribution in [0.5, 0.6) is 0 Å². The van der Waals surface area contributed by atoms with Gasteiger partial charge in [0.05, 0.1) is 22.3 Å². The number of hydrogen-bond acceptors (Lipinski definition) is 6. The quantitative estimate of drug-likeness (QED) is 0.149. The topological polar surface area (TPSA) is 115 Å². The van der Waals surface area contributed by atoms with Crippen molar-refractivity contribution in [1.29, 1.82) is 0 Å². The molecule has 3 aromatic carbocycles. The summed E-state index contributed by atoms with van der Waals surface area (Å²) in [7, 11) is -3.97. The highest BCUT2D eigenvalue weighted by molar-refractivity contribution is 7.91. The Hall–Kier alpha value is -4.29. The lowest BCUT2D eigenvalue weighted by Gasteiger charge is -2.36. The SMILES string of the molecule is CC(C)n1nc(-c2ccc(NS(=O)(=O)Cc3ccccc3Cl)c(F)c2)c2c(N)ncc(-c3ccc(NC4CC(F)(F)C4)cc3)c21. The zero-order valence-electron chi connectivity index (χ0n) is 24.4. The first-order valence-corrected chi connectivity index (χ1v) is 16.3. The molecule has 1 saturated carbocycles. The van der Waals surface area contributed by atoms with E-state index < -0.39 is 27.5 Å². The second-order valence-electron chi connectivity index (χ2n) is 11.5. The van der Waals surface area contributed by atoms with Crippen molar-refractivity contribution in [2.45, 2.75) is 50.4 Å². The zero-order chi connectivity index (χ0) is 32.1. The molecule has 0 atom stereocenters. The molecule has 0 saturated heterocycles. The third kappa shape index (κ3) is 6.30. The summed E-state index contributed by atoms with van der Waals surface area (Å²) >= 11 is 6.11. The van der Waals surface area contributed by atoms with E-state index in [4.69, 9.17) is 22.4 Å². The Kier molecular flexibility index (Phi) is 7.90. The molecular formula is C32H30ClF3N6O2S. The highest BCUT2D eigenvalue weighted by atomic mass is 35.5. The summed E-state index contributed by atoms with van der Waals surface area (Å²) in [6, 6.07) is 17.7. The van der Waals surface area contributed by atoms with Gasteiger partial charge in [0.1, 0.15) is 17.3 Å². The van der Waals surface area contributed by atoms with E-state index in [2.05, 4.69) is 15.0 Å². The number of anilines is 3. The van der Waals surface area contributed by atoms with Crippen LogP contribution in [-0.2, 0) is 15.8 Å². The van der Waals surface area contributed by atoms with Gasteiger partial charge in [-0.2, -0.15) is 5.10 Å². The maximum Gasteiger partial charge on any atom is 0.252 e. The number of pyridine rings is 1. The minimum atomic E-state index is -3.97. The number of alkyl halides is 2. The molecule has 0 radical (unpaired) electrons. The van der Waals surface area contributed by atoms with Gasteiger partial charge in [-0.15, -0.1) is 0 Å². The molecule has 0 bridgehead atoms. The molecular weight excluding hydrogens is 625 g/mol. The molecule has 45 heavy (non-hydrogen) atoms. The first-order valence-electron chi connectivity index (χ1n) is 14.3. The molecule has 4 N–H and O–H groups in total. The average molecular weight is 655 g/mol. The van der Waals surface area contributed by atoms with Crippen LogP contribution in [-0.4, -0.2) is 35.1 Å². The number of nitrogens with two attached hydrogens (primary N) is 1. The summed E-state index contributed by atoms with van der Waals surface area (Å²) in [5.41, 5.74) is 10.3. The summed E-state index contributed by atoms with van der Waals surface area (Å²) in [4.78, 5) is 4.42. The smallest absolute Gasteiger partial charge is 0.252 e. The van der Waals surface area contributed by atoms with Crippen LogP contribution in [0.3, 0.4) is 0 Å². The molecule has 2 heterocycles. The van der Waals surface area contributed by atoms with Gasteiger partial charge in [0.15, 0.2) is 0 Å². The average Bonchev–Trinajstić information content (AvgIpc) is 3.37. The largest absolute Gasteiger partial charge is 0.383 e. The Balaban J connectivity index is 1.33. The zero-order valence-corrected chi connectivity index (χ0v) is 25.9. The van der Waals surface area contributed by atoms with Gasteiger partial charge in [0.25, 0.3) is 5.92 Å². The van der Waals surface area contributed by atoms with Crippen LogP contribution in [0.15, 0.2) is 72.9 Å². The van der Waals surface area contributed by atoms with E-state index >= 15 is 4.39 Å². The number of rotatable bonds is 9. The monoisotopic (exact) mass is 654 g/mol. The van der Waals surface area contributed by atoms with Crippen LogP contribution in [0.2, 0.25) is 5.02 Å². The lowest BCUT2D eigenvalue weighted by Crippen LogP contribution is -2.44. The predicted octanol–water partition coefficient (Wildman–Crippen LogP) is 7.87. The van der Waals surface area contributed by atoms with Gasteiger partial charge in [-0.3, -0.25) is 9.40 Å². The van der Waals surface area contributed by atoms with Crippen LogP contribution in [0, 0.1) is 5.82 Å². The minimum absolute atomic E-state index is 0.108. The van der Waals surface area contributed by atoms with Crippen molar-refractivity contribution in [3.8, 4) is 22.4 Å². The molecule has 0 unspecified atom stereocenters. The van der Waals surface area contributed by atoms with E-state index in [0.29, 0.717) is 32.7 Å². The first kappa shape index (κ1) is 30.7. The van der Waals surface area contributed by atoms with Crippen molar-refractivity contribution in [3.63, 3.8) is 0 Å². The van der Waals surface area contributed by atoms with E-state index in [9.17, 15) is 17.2 Å². The van der Waals surface area contributed by atoms with Gasteiger partial charge in [0, 0.05) is 53.0 Å². The van der Waals surface area contributed by atoms with Crippen molar-refractivity contribution in [2.24, 2.45) is 0 Å². The van der Waals surface area contributed by atoms with Gasteiger partial charge < -0.3 is 11.1 Å². The Labute approximate surface area is 263 Å². The predicted molar refractivity (Wildman–Crippen MR) is 172 cm³/mol. The minimum Gasteiger partial charge on any atom is -0.383 e. The molecule has 1 aliphatic rings. The van der Waals surface area contributed by atoms with E-state index in [-0.39, 0.29) is 36.4 Å². The summed E-state index contributed by atoms with van der Waals surface area (Å²) < 4.78 is 71.6. The van der Waals surface area contributed by atoms with Gasteiger partial charge in [-0.05, 0) is 55.3 Å². The molecule has 2 aromatic heterocycles. The number of benzene rings is 3. The number of nitrogens with zero attached hydrogens (tertiary/aromatic N) is 3. The fourth-order valence-corrected chi connectivity index (χ4v) is 7.01.